The van der Waals surface area contributed by atoms with Crippen LogP contribution >= 0.6 is 0 Å². The van der Waals surface area contributed by atoms with Crippen molar-refractivity contribution in [1.29, 1.82) is 0 Å². The fourth-order valence-corrected chi connectivity index (χ4v) is 5.09. The molecule has 1 saturated heterocycles. The molecule has 156 valence electrons. The number of nitrogens with zero attached hydrogens (tertiary/aromatic N) is 1. The topological polar surface area (TPSA) is 25.6 Å². The van der Waals surface area contributed by atoms with E-state index in [1.54, 1.807) is 0 Å². The molecule has 0 atom stereocenters. The van der Waals surface area contributed by atoms with Gasteiger partial charge in [0.15, 0.2) is 0 Å². The summed E-state index contributed by atoms with van der Waals surface area (Å²) in [4.78, 5) is 2.54. The van der Waals surface area contributed by atoms with Crippen LogP contribution in [0.3, 0.4) is 0 Å². The highest BCUT2D eigenvalue weighted by molar-refractivity contribution is 5.99. The predicted molar refractivity (Wildman–Crippen MR) is 123 cm³/mol. The summed E-state index contributed by atoms with van der Waals surface area (Å²) in [6, 6.07) is 14.7. The van der Waals surface area contributed by atoms with Crippen molar-refractivity contribution in [2.24, 2.45) is 0 Å². The average molecular weight is 402 g/mol. The molecule has 2 heterocycles. The Balaban J connectivity index is 1.41. The third-order valence-corrected chi connectivity index (χ3v) is 6.83. The molecule has 0 amide bonds. The maximum Gasteiger partial charge on any atom is 0.134 e. The Morgan fingerprint density at radius 2 is 1.80 bits per heavy atom. The lowest BCUT2D eigenvalue weighted by molar-refractivity contribution is 0.214. The second-order valence-electron chi connectivity index (χ2n) is 9.22. The van der Waals surface area contributed by atoms with Crippen LogP contribution in [-0.2, 0) is 5.41 Å². The van der Waals surface area contributed by atoms with Gasteiger partial charge in [-0.3, -0.25) is 4.90 Å². The van der Waals surface area contributed by atoms with Gasteiger partial charge >= 0.3 is 0 Å². The third-order valence-electron chi connectivity index (χ3n) is 6.83. The van der Waals surface area contributed by atoms with Crippen molar-refractivity contribution in [3.05, 3.63) is 71.5 Å². The Morgan fingerprint density at radius 1 is 1.03 bits per heavy atom. The van der Waals surface area contributed by atoms with Crippen LogP contribution in [0.25, 0.3) is 16.5 Å². The highest BCUT2D eigenvalue weighted by Crippen LogP contribution is 2.50. The lowest BCUT2D eigenvalue weighted by atomic mass is 9.70. The van der Waals surface area contributed by atoms with Gasteiger partial charge in [0.05, 0.1) is 0 Å². The molecule has 30 heavy (non-hydrogen) atoms. The largest absolute Gasteiger partial charge is 0.492 e. The number of hydrogen-bond donors (Lipinski definition) is 0. The lowest BCUT2D eigenvalue weighted by Gasteiger charge is -2.33. The zero-order valence-electron chi connectivity index (χ0n) is 18.2. The van der Waals surface area contributed by atoms with Crippen LogP contribution in [-0.4, -0.2) is 31.1 Å². The van der Waals surface area contributed by atoms with E-state index in [0.29, 0.717) is 0 Å². The average Bonchev–Trinajstić information content (AvgIpc) is 2.96. The van der Waals surface area contributed by atoms with Gasteiger partial charge in [-0.05, 0) is 74.7 Å². The highest BCUT2D eigenvalue weighted by Gasteiger charge is 2.39. The standard InChI is InChI=1S/C27H31NO2/c1-19-21-13-12-20(29-17-16-28-14-8-4-5-9-15-28)18-23(21)27(2,3)26-25(19)22-10-6-7-11-24(22)30-26/h6-7,10-13,18H,1,4-5,8-9,14-17H2,2-3H3. The molecule has 3 nitrogen and oxygen atoms in total. The minimum Gasteiger partial charge on any atom is -0.492 e. The molecule has 5 rings (SSSR count). The third kappa shape index (κ3) is 3.26. The van der Waals surface area contributed by atoms with E-state index >= 15 is 0 Å². The molecule has 2 aliphatic rings. The van der Waals surface area contributed by atoms with Crippen LogP contribution in [0.4, 0.5) is 0 Å². The van der Waals surface area contributed by atoms with Crippen LogP contribution in [0.15, 0.2) is 53.5 Å². The number of furan rings is 1. The summed E-state index contributed by atoms with van der Waals surface area (Å²) in [5, 5.41) is 1.15. The van der Waals surface area contributed by atoms with Crippen LogP contribution in [0, 0.1) is 0 Å². The van der Waals surface area contributed by atoms with Gasteiger partial charge in [-0.1, -0.05) is 43.7 Å². The molecule has 1 aliphatic carbocycles. The molecule has 1 fully saturated rings. The van der Waals surface area contributed by atoms with E-state index < -0.39 is 0 Å². The van der Waals surface area contributed by atoms with E-state index in [0.717, 1.165) is 46.8 Å². The molecular weight excluding hydrogens is 370 g/mol. The second kappa shape index (κ2) is 7.63. The van der Waals surface area contributed by atoms with Crippen LogP contribution in [0.5, 0.6) is 5.75 Å². The highest BCUT2D eigenvalue weighted by atomic mass is 16.5. The summed E-state index contributed by atoms with van der Waals surface area (Å²) >= 11 is 0. The normalized spacial score (nSPS) is 18.7. The van der Waals surface area contributed by atoms with E-state index in [2.05, 4.69) is 55.7 Å². The molecule has 3 heteroatoms. The number of fused-ring (bicyclic) bond motifs is 4. The van der Waals surface area contributed by atoms with Crippen molar-refractivity contribution in [2.45, 2.75) is 44.9 Å². The molecule has 0 unspecified atom stereocenters. The number of rotatable bonds is 4. The fourth-order valence-electron chi connectivity index (χ4n) is 5.09. The minimum atomic E-state index is -0.241. The first kappa shape index (κ1) is 19.4. The van der Waals surface area contributed by atoms with Gasteiger partial charge in [0.2, 0.25) is 0 Å². The molecule has 2 aromatic carbocycles. The van der Waals surface area contributed by atoms with Crippen LogP contribution in [0.2, 0.25) is 0 Å². The first-order valence-corrected chi connectivity index (χ1v) is 11.3. The van der Waals surface area contributed by atoms with E-state index in [-0.39, 0.29) is 5.41 Å². The fraction of sp³-hybridized carbons (Fsp3) is 0.407. The molecule has 1 aliphatic heterocycles. The zero-order valence-corrected chi connectivity index (χ0v) is 18.2. The zero-order chi connectivity index (χ0) is 20.7. The van der Waals surface area contributed by atoms with Crippen molar-refractivity contribution >= 4 is 16.5 Å². The smallest absolute Gasteiger partial charge is 0.134 e. The number of ether oxygens (including phenoxy) is 1. The van der Waals surface area contributed by atoms with Crippen LogP contribution in [0.1, 0.15) is 62.0 Å². The van der Waals surface area contributed by atoms with E-state index in [4.69, 9.17) is 9.15 Å². The number of benzene rings is 2. The van der Waals surface area contributed by atoms with E-state index in [1.165, 1.54) is 49.9 Å². The van der Waals surface area contributed by atoms with Crippen molar-refractivity contribution in [3.63, 3.8) is 0 Å². The van der Waals surface area contributed by atoms with Gasteiger partial charge in [-0.15, -0.1) is 0 Å². The van der Waals surface area contributed by atoms with Crippen molar-refractivity contribution < 1.29 is 9.15 Å². The summed E-state index contributed by atoms with van der Waals surface area (Å²) in [6.07, 6.45) is 5.36. The molecular formula is C27H31NO2. The molecule has 0 saturated carbocycles. The lowest BCUT2D eigenvalue weighted by Crippen LogP contribution is -2.29. The summed E-state index contributed by atoms with van der Waals surface area (Å²) in [5.74, 6) is 1.94. The Bertz CT molecular complexity index is 1080. The van der Waals surface area contributed by atoms with Crippen molar-refractivity contribution in [2.75, 3.05) is 26.2 Å². The number of hydrogen-bond acceptors (Lipinski definition) is 3. The summed E-state index contributed by atoms with van der Waals surface area (Å²) in [5.41, 5.74) is 5.30. The van der Waals surface area contributed by atoms with Gasteiger partial charge in [-0.25, -0.2) is 0 Å². The summed E-state index contributed by atoms with van der Waals surface area (Å²) in [7, 11) is 0. The van der Waals surface area contributed by atoms with E-state index in [9.17, 15) is 0 Å². The molecule has 0 radical (unpaired) electrons. The Labute approximate surface area is 179 Å². The molecule has 3 aromatic rings. The van der Waals surface area contributed by atoms with Crippen LogP contribution < -0.4 is 4.74 Å². The van der Waals surface area contributed by atoms with Gasteiger partial charge in [0.1, 0.15) is 23.7 Å². The Morgan fingerprint density at radius 3 is 2.60 bits per heavy atom. The maximum absolute atomic E-state index is 6.34. The van der Waals surface area contributed by atoms with Gasteiger partial charge in [-0.2, -0.15) is 0 Å². The maximum atomic E-state index is 6.34. The number of para-hydroxylation sites is 1. The monoisotopic (exact) mass is 401 g/mol. The molecule has 0 spiro atoms. The summed E-state index contributed by atoms with van der Waals surface area (Å²) < 4.78 is 12.5. The van der Waals surface area contributed by atoms with Crippen molar-refractivity contribution in [1.82, 2.24) is 4.90 Å². The predicted octanol–water partition coefficient (Wildman–Crippen LogP) is 6.39. The number of likely N-dealkylation sites (tertiary alicyclic amines) is 1. The molecule has 0 N–H and O–H groups in total. The molecule has 0 bridgehead atoms. The van der Waals surface area contributed by atoms with E-state index in [1.807, 2.05) is 12.1 Å². The first-order valence-electron chi connectivity index (χ1n) is 11.3. The Kier molecular flexibility index (Phi) is 4.94. The van der Waals surface area contributed by atoms with Gasteiger partial charge in [0.25, 0.3) is 0 Å². The summed E-state index contributed by atoms with van der Waals surface area (Å²) in [6.45, 7) is 13.1. The SMILES string of the molecule is C=C1c2ccc(OCCN3CCCCCC3)cc2C(C)(C)c2oc3ccccc3c21. The second-order valence-corrected chi connectivity index (χ2v) is 9.22. The quantitative estimate of drug-likeness (QED) is 0.507. The van der Waals surface area contributed by atoms with Gasteiger partial charge < -0.3 is 9.15 Å². The van der Waals surface area contributed by atoms with Gasteiger partial charge in [0, 0.05) is 22.9 Å². The molecule has 1 aromatic heterocycles. The Hall–Kier alpha value is -2.52. The first-order chi connectivity index (χ1) is 14.6. The van der Waals surface area contributed by atoms with Crippen molar-refractivity contribution in [3.8, 4) is 5.75 Å². The minimum absolute atomic E-state index is 0.241.